The highest BCUT2D eigenvalue weighted by molar-refractivity contribution is 7.84. The Kier molecular flexibility index (Phi) is 4.00. The maximum atomic E-state index is 12.1. The van der Waals surface area contributed by atoms with Gasteiger partial charge < -0.3 is 10.1 Å². The molecule has 0 aliphatic rings. The van der Waals surface area contributed by atoms with Gasteiger partial charge in [0, 0.05) is 6.20 Å². The molecule has 0 fully saturated rings. The van der Waals surface area contributed by atoms with Crippen molar-refractivity contribution < 1.29 is 9.13 Å². The summed E-state index contributed by atoms with van der Waals surface area (Å²) in [5, 5.41) is 11.2. The smallest absolute Gasteiger partial charge is 0.342 e. The van der Waals surface area contributed by atoms with E-state index < -0.39 is 15.7 Å². The van der Waals surface area contributed by atoms with Crippen molar-refractivity contribution in [2.75, 3.05) is 0 Å². The van der Waals surface area contributed by atoms with Crippen molar-refractivity contribution in [3.8, 4) is 0 Å². The SMILES string of the molecule is CCn1c([N+](=O)[O-])cnc1CS(=O)c1ccccn1. The lowest BCUT2D eigenvalue weighted by atomic mass is 10.5. The number of pyridine rings is 1. The molecule has 0 aliphatic carbocycles. The minimum Gasteiger partial charge on any atom is -0.358 e. The molecule has 0 N–H and O–H groups in total. The molecule has 0 amide bonds. The summed E-state index contributed by atoms with van der Waals surface area (Å²) in [6, 6.07) is 5.14. The third-order valence-electron chi connectivity index (χ3n) is 2.55. The lowest BCUT2D eigenvalue weighted by molar-refractivity contribution is -0.392. The second-order valence-corrected chi connectivity index (χ2v) is 5.09. The van der Waals surface area contributed by atoms with Crippen molar-refractivity contribution in [3.63, 3.8) is 0 Å². The Bertz CT molecular complexity index is 612. The number of hydrogen-bond donors (Lipinski definition) is 0. The van der Waals surface area contributed by atoms with E-state index in [1.165, 1.54) is 10.8 Å². The molecule has 2 aromatic heterocycles. The summed E-state index contributed by atoms with van der Waals surface area (Å²) in [6.45, 7) is 2.19. The summed E-state index contributed by atoms with van der Waals surface area (Å²) >= 11 is 0. The Morgan fingerprint density at radius 2 is 2.21 bits per heavy atom. The number of nitrogens with zero attached hydrogens (tertiary/aromatic N) is 4. The lowest BCUT2D eigenvalue weighted by Gasteiger charge is -2.02. The van der Waals surface area contributed by atoms with Crippen LogP contribution in [0.4, 0.5) is 5.82 Å². The number of imidazole rings is 1. The summed E-state index contributed by atoms with van der Waals surface area (Å²) in [6.07, 6.45) is 2.75. The Balaban J connectivity index is 2.25. The molecule has 19 heavy (non-hydrogen) atoms. The number of hydrogen-bond acceptors (Lipinski definition) is 5. The lowest BCUT2D eigenvalue weighted by Crippen LogP contribution is -2.08. The standard InChI is InChI=1S/C11H12N4O3S/c1-2-14-9(13-7-11(14)15(16)17)8-19(18)10-5-3-4-6-12-10/h3-7H,2,8H2,1H3. The molecule has 7 nitrogen and oxygen atoms in total. The predicted octanol–water partition coefficient (Wildman–Crippen LogP) is 1.51. The van der Waals surface area contributed by atoms with Crippen molar-refractivity contribution in [2.45, 2.75) is 24.2 Å². The molecule has 2 rings (SSSR count). The van der Waals surface area contributed by atoms with Crippen LogP contribution in [-0.2, 0) is 23.1 Å². The van der Waals surface area contributed by atoms with E-state index in [9.17, 15) is 14.3 Å². The monoisotopic (exact) mass is 280 g/mol. The van der Waals surface area contributed by atoms with Crippen molar-refractivity contribution in [1.29, 1.82) is 0 Å². The van der Waals surface area contributed by atoms with Crippen molar-refractivity contribution >= 4 is 16.6 Å². The first-order valence-electron chi connectivity index (χ1n) is 5.61. The van der Waals surface area contributed by atoms with E-state index in [1.54, 1.807) is 31.3 Å². The minimum atomic E-state index is -1.36. The van der Waals surface area contributed by atoms with Crippen LogP contribution < -0.4 is 0 Å². The molecular formula is C11H12N4O3S. The summed E-state index contributed by atoms with van der Waals surface area (Å²) in [5.41, 5.74) is 0. The van der Waals surface area contributed by atoms with Crippen LogP contribution in [-0.4, -0.2) is 23.7 Å². The van der Waals surface area contributed by atoms with Crippen molar-refractivity contribution in [1.82, 2.24) is 14.5 Å². The van der Waals surface area contributed by atoms with Crippen LogP contribution in [0.5, 0.6) is 0 Å². The quantitative estimate of drug-likeness (QED) is 0.611. The Morgan fingerprint density at radius 3 is 2.79 bits per heavy atom. The second-order valence-electron chi connectivity index (χ2n) is 3.69. The van der Waals surface area contributed by atoms with Gasteiger partial charge in [0.25, 0.3) is 0 Å². The maximum Gasteiger partial charge on any atom is 0.342 e. The van der Waals surface area contributed by atoms with Crippen LogP contribution in [0.25, 0.3) is 0 Å². The molecule has 0 saturated heterocycles. The molecule has 8 heteroatoms. The average molecular weight is 280 g/mol. The maximum absolute atomic E-state index is 12.1. The van der Waals surface area contributed by atoms with Gasteiger partial charge in [0.05, 0.1) is 17.3 Å². The normalized spacial score (nSPS) is 12.3. The molecule has 0 aliphatic heterocycles. The molecule has 0 aromatic carbocycles. The summed E-state index contributed by atoms with van der Waals surface area (Å²) in [4.78, 5) is 18.3. The summed E-state index contributed by atoms with van der Waals surface area (Å²) < 4.78 is 13.5. The third kappa shape index (κ3) is 2.84. The van der Waals surface area contributed by atoms with Gasteiger partial charge in [0.2, 0.25) is 5.82 Å². The Labute approximate surface area is 111 Å². The fourth-order valence-electron chi connectivity index (χ4n) is 1.68. The summed E-state index contributed by atoms with van der Waals surface area (Å²) in [7, 11) is -1.36. The van der Waals surface area contributed by atoms with Gasteiger partial charge in [-0.2, -0.15) is 0 Å². The molecule has 1 unspecified atom stereocenters. The van der Waals surface area contributed by atoms with E-state index >= 15 is 0 Å². The van der Waals surface area contributed by atoms with Gasteiger partial charge in [-0.25, -0.2) is 14.5 Å². The summed E-state index contributed by atoms with van der Waals surface area (Å²) in [5.74, 6) is 0.451. The van der Waals surface area contributed by atoms with Crippen LogP contribution in [0.2, 0.25) is 0 Å². The van der Waals surface area contributed by atoms with Crippen LogP contribution in [0.3, 0.4) is 0 Å². The molecular weight excluding hydrogens is 268 g/mol. The van der Waals surface area contributed by atoms with Gasteiger partial charge in [-0.15, -0.1) is 0 Å². The van der Waals surface area contributed by atoms with Gasteiger partial charge >= 0.3 is 5.82 Å². The van der Waals surface area contributed by atoms with Crippen LogP contribution in [0.15, 0.2) is 35.6 Å². The van der Waals surface area contributed by atoms with Gasteiger partial charge in [0.1, 0.15) is 17.0 Å². The van der Waals surface area contributed by atoms with E-state index in [1.807, 2.05) is 0 Å². The van der Waals surface area contributed by atoms with Gasteiger partial charge in [-0.1, -0.05) is 6.07 Å². The molecule has 1 atom stereocenters. The minimum absolute atomic E-state index is 0.0875. The highest BCUT2D eigenvalue weighted by atomic mass is 32.2. The predicted molar refractivity (Wildman–Crippen MR) is 68.9 cm³/mol. The van der Waals surface area contributed by atoms with Gasteiger partial charge in [-0.3, -0.25) is 4.21 Å². The number of rotatable bonds is 5. The second kappa shape index (κ2) is 5.70. The third-order valence-corrected chi connectivity index (χ3v) is 3.78. The molecule has 100 valence electrons. The zero-order chi connectivity index (χ0) is 13.8. The van der Waals surface area contributed by atoms with Crippen LogP contribution in [0.1, 0.15) is 12.7 Å². The molecule has 0 bridgehead atoms. The van der Waals surface area contributed by atoms with Crippen molar-refractivity contribution in [2.24, 2.45) is 0 Å². The van der Waals surface area contributed by atoms with E-state index in [4.69, 9.17) is 0 Å². The fraction of sp³-hybridized carbons (Fsp3) is 0.273. The van der Waals surface area contributed by atoms with Gasteiger partial charge in [0.15, 0.2) is 0 Å². The molecule has 2 aromatic rings. The highest BCUT2D eigenvalue weighted by Gasteiger charge is 2.21. The molecule has 2 heterocycles. The van der Waals surface area contributed by atoms with E-state index in [-0.39, 0.29) is 11.6 Å². The van der Waals surface area contributed by atoms with Crippen LogP contribution >= 0.6 is 0 Å². The molecule has 0 saturated carbocycles. The first kappa shape index (κ1) is 13.3. The zero-order valence-electron chi connectivity index (χ0n) is 10.2. The largest absolute Gasteiger partial charge is 0.358 e. The highest BCUT2D eigenvalue weighted by Crippen LogP contribution is 2.16. The average Bonchev–Trinajstić information content (AvgIpc) is 2.82. The van der Waals surface area contributed by atoms with E-state index in [0.29, 0.717) is 17.4 Å². The topological polar surface area (TPSA) is 90.9 Å². The number of aromatic nitrogens is 3. The first-order chi connectivity index (χ1) is 9.13. The number of nitro groups is 1. The van der Waals surface area contributed by atoms with E-state index in [2.05, 4.69) is 9.97 Å². The zero-order valence-corrected chi connectivity index (χ0v) is 11.0. The van der Waals surface area contributed by atoms with Gasteiger partial charge in [-0.05, 0) is 24.0 Å². The molecule has 0 spiro atoms. The van der Waals surface area contributed by atoms with E-state index in [0.717, 1.165) is 0 Å². The van der Waals surface area contributed by atoms with Crippen molar-refractivity contribution in [3.05, 3.63) is 46.5 Å². The Morgan fingerprint density at radius 1 is 1.42 bits per heavy atom. The first-order valence-corrected chi connectivity index (χ1v) is 6.93. The fourth-order valence-corrected chi connectivity index (χ4v) is 2.70. The molecule has 0 radical (unpaired) electrons. The Hall–Kier alpha value is -2.09. The van der Waals surface area contributed by atoms with Crippen LogP contribution in [0, 0.1) is 10.1 Å².